The van der Waals surface area contributed by atoms with E-state index < -0.39 is 5.60 Å². The number of nitrogens with one attached hydrogen (secondary N) is 1. The minimum Gasteiger partial charge on any atom is -0.397 e. The molecule has 0 saturated carbocycles. The van der Waals surface area contributed by atoms with Gasteiger partial charge in [-0.15, -0.1) is 0 Å². The molecular formula is C13H22BrN3O. The van der Waals surface area contributed by atoms with Crippen molar-refractivity contribution in [3.63, 3.8) is 0 Å². The number of anilines is 2. The smallest absolute Gasteiger partial charge is 0.140 e. The Hall–Kier alpha value is -0.810. The highest BCUT2D eigenvalue weighted by Crippen LogP contribution is 2.28. The van der Waals surface area contributed by atoms with E-state index in [1.165, 1.54) is 0 Å². The van der Waals surface area contributed by atoms with Crippen LogP contribution in [-0.4, -0.2) is 22.2 Å². The molecular weight excluding hydrogens is 294 g/mol. The number of nitrogens with zero attached hydrogens (tertiary/aromatic N) is 1. The molecule has 1 rings (SSSR count). The maximum absolute atomic E-state index is 10.2. The van der Waals surface area contributed by atoms with Gasteiger partial charge in [0.1, 0.15) is 5.82 Å². The average Bonchev–Trinajstić information content (AvgIpc) is 2.23. The zero-order valence-electron chi connectivity index (χ0n) is 11.4. The molecule has 0 radical (unpaired) electrons. The number of nitrogen functional groups attached to an aromatic ring is 1. The molecule has 1 atom stereocenters. The number of nitrogens with two attached hydrogens (primary N) is 1. The predicted octanol–water partition coefficient (Wildman–Crippen LogP) is 2.94. The second-order valence-corrected chi connectivity index (χ2v) is 6.24. The van der Waals surface area contributed by atoms with Crippen LogP contribution < -0.4 is 11.1 Å². The van der Waals surface area contributed by atoms with Crippen LogP contribution in [0.25, 0.3) is 0 Å². The summed E-state index contributed by atoms with van der Waals surface area (Å²) in [4.78, 5) is 4.23. The van der Waals surface area contributed by atoms with Crippen LogP contribution in [0.2, 0.25) is 0 Å². The number of halogens is 1. The number of aliphatic hydroxyl groups is 1. The molecule has 0 amide bonds. The lowest BCUT2D eigenvalue weighted by molar-refractivity contribution is 0.0514. The Labute approximate surface area is 117 Å². The summed E-state index contributed by atoms with van der Waals surface area (Å²) in [6, 6.07) is 0. The Morgan fingerprint density at radius 3 is 2.72 bits per heavy atom. The highest BCUT2D eigenvalue weighted by Gasteiger charge is 2.22. The fourth-order valence-electron chi connectivity index (χ4n) is 1.94. The van der Waals surface area contributed by atoms with Crippen molar-refractivity contribution in [3.8, 4) is 0 Å². The van der Waals surface area contributed by atoms with Gasteiger partial charge in [0, 0.05) is 6.54 Å². The molecule has 18 heavy (non-hydrogen) atoms. The van der Waals surface area contributed by atoms with Crippen molar-refractivity contribution in [1.82, 2.24) is 4.98 Å². The molecule has 0 aromatic carbocycles. The van der Waals surface area contributed by atoms with Gasteiger partial charge in [-0.25, -0.2) is 4.98 Å². The summed E-state index contributed by atoms with van der Waals surface area (Å²) >= 11 is 3.46. The summed E-state index contributed by atoms with van der Waals surface area (Å²) < 4.78 is 0.850. The number of pyridine rings is 1. The van der Waals surface area contributed by atoms with Crippen LogP contribution in [0.15, 0.2) is 10.7 Å². The summed E-state index contributed by atoms with van der Waals surface area (Å²) in [5.41, 5.74) is 6.63. The van der Waals surface area contributed by atoms with Crippen molar-refractivity contribution >= 4 is 27.4 Å². The van der Waals surface area contributed by atoms with Gasteiger partial charge >= 0.3 is 0 Å². The molecule has 0 aliphatic heterocycles. The summed E-state index contributed by atoms with van der Waals surface area (Å²) in [5.74, 6) is 1.16. The second kappa shape index (κ2) is 5.89. The fourth-order valence-corrected chi connectivity index (χ4v) is 2.41. The first-order valence-electron chi connectivity index (χ1n) is 6.10. The van der Waals surface area contributed by atoms with Crippen molar-refractivity contribution in [1.29, 1.82) is 0 Å². The Kier molecular flexibility index (Phi) is 4.99. The van der Waals surface area contributed by atoms with Gasteiger partial charge in [-0.3, -0.25) is 0 Å². The van der Waals surface area contributed by atoms with Crippen LogP contribution in [0.1, 0.15) is 32.8 Å². The standard InChI is InChI=1S/C13H22BrN3O/c1-8(2)5-13(4,18)7-17-12-11(14)9(3)10(15)6-16-12/h6,8,18H,5,7,15H2,1-4H3,(H,16,17). The van der Waals surface area contributed by atoms with E-state index in [2.05, 4.69) is 40.1 Å². The van der Waals surface area contributed by atoms with Gasteiger partial charge in [0.15, 0.2) is 0 Å². The molecule has 0 fully saturated rings. The highest BCUT2D eigenvalue weighted by molar-refractivity contribution is 9.10. The van der Waals surface area contributed by atoms with Gasteiger partial charge in [0.25, 0.3) is 0 Å². The summed E-state index contributed by atoms with van der Waals surface area (Å²) in [7, 11) is 0. The minimum atomic E-state index is -0.745. The van der Waals surface area contributed by atoms with E-state index in [-0.39, 0.29) is 0 Å². The van der Waals surface area contributed by atoms with Crippen LogP contribution in [0.4, 0.5) is 11.5 Å². The molecule has 0 aliphatic carbocycles. The minimum absolute atomic E-state index is 0.450. The lowest BCUT2D eigenvalue weighted by Gasteiger charge is -2.26. The SMILES string of the molecule is Cc1c(N)cnc(NCC(C)(O)CC(C)C)c1Br. The lowest BCUT2D eigenvalue weighted by atomic mass is 9.94. The van der Waals surface area contributed by atoms with Crippen LogP contribution in [0, 0.1) is 12.8 Å². The number of hydrogen-bond acceptors (Lipinski definition) is 4. The number of rotatable bonds is 5. The number of aromatic nitrogens is 1. The third-order valence-electron chi connectivity index (χ3n) is 2.79. The van der Waals surface area contributed by atoms with Crippen molar-refractivity contribution in [3.05, 3.63) is 16.2 Å². The lowest BCUT2D eigenvalue weighted by Crippen LogP contribution is -2.35. The van der Waals surface area contributed by atoms with E-state index in [4.69, 9.17) is 5.73 Å². The first-order chi connectivity index (χ1) is 8.23. The van der Waals surface area contributed by atoms with Crippen LogP contribution in [-0.2, 0) is 0 Å². The third kappa shape index (κ3) is 4.14. The van der Waals surface area contributed by atoms with Crippen molar-refractivity contribution in [2.75, 3.05) is 17.6 Å². The van der Waals surface area contributed by atoms with Crippen LogP contribution >= 0.6 is 15.9 Å². The van der Waals surface area contributed by atoms with E-state index in [1.807, 2.05) is 13.8 Å². The maximum Gasteiger partial charge on any atom is 0.140 e. The average molecular weight is 316 g/mol. The molecule has 102 valence electrons. The zero-order chi connectivity index (χ0) is 13.9. The Balaban J connectivity index is 2.72. The van der Waals surface area contributed by atoms with E-state index in [9.17, 15) is 5.11 Å². The normalized spacial score (nSPS) is 14.6. The largest absolute Gasteiger partial charge is 0.397 e. The molecule has 0 bridgehead atoms. The van der Waals surface area contributed by atoms with Gasteiger partial charge in [-0.05, 0) is 47.7 Å². The Bertz CT molecular complexity index is 419. The van der Waals surface area contributed by atoms with Crippen molar-refractivity contribution in [2.24, 2.45) is 5.92 Å². The van der Waals surface area contributed by atoms with E-state index in [0.717, 1.165) is 16.5 Å². The molecule has 1 aromatic rings. The van der Waals surface area contributed by atoms with E-state index >= 15 is 0 Å². The zero-order valence-corrected chi connectivity index (χ0v) is 13.0. The van der Waals surface area contributed by atoms with Gasteiger partial charge in [-0.2, -0.15) is 0 Å². The molecule has 0 aliphatic rings. The van der Waals surface area contributed by atoms with Crippen molar-refractivity contribution in [2.45, 2.75) is 39.7 Å². The monoisotopic (exact) mass is 315 g/mol. The topological polar surface area (TPSA) is 71.2 Å². The third-order valence-corrected chi connectivity index (χ3v) is 3.76. The van der Waals surface area contributed by atoms with Crippen molar-refractivity contribution < 1.29 is 5.11 Å². The summed E-state index contributed by atoms with van der Waals surface area (Å²) in [6.07, 6.45) is 2.37. The summed E-state index contributed by atoms with van der Waals surface area (Å²) in [5, 5.41) is 13.4. The fraction of sp³-hybridized carbons (Fsp3) is 0.615. The first kappa shape index (κ1) is 15.2. The van der Waals surface area contributed by atoms with E-state index in [0.29, 0.717) is 24.0 Å². The van der Waals surface area contributed by atoms with Gasteiger partial charge in [-0.1, -0.05) is 13.8 Å². The Morgan fingerprint density at radius 1 is 1.56 bits per heavy atom. The molecule has 1 aromatic heterocycles. The van der Waals surface area contributed by atoms with E-state index in [1.54, 1.807) is 6.20 Å². The van der Waals surface area contributed by atoms with Gasteiger partial charge in [0.05, 0.1) is 22.0 Å². The maximum atomic E-state index is 10.2. The molecule has 5 heteroatoms. The van der Waals surface area contributed by atoms with Crippen LogP contribution in [0.3, 0.4) is 0 Å². The molecule has 4 N–H and O–H groups in total. The first-order valence-corrected chi connectivity index (χ1v) is 6.89. The molecule has 4 nitrogen and oxygen atoms in total. The van der Waals surface area contributed by atoms with Gasteiger partial charge in [0.2, 0.25) is 0 Å². The number of hydrogen-bond donors (Lipinski definition) is 3. The second-order valence-electron chi connectivity index (χ2n) is 5.45. The highest BCUT2D eigenvalue weighted by atomic mass is 79.9. The molecule has 0 spiro atoms. The Morgan fingerprint density at radius 2 is 2.17 bits per heavy atom. The summed E-state index contributed by atoms with van der Waals surface area (Å²) in [6.45, 7) is 8.41. The molecule has 1 unspecified atom stereocenters. The van der Waals surface area contributed by atoms with Crippen LogP contribution in [0.5, 0.6) is 0 Å². The van der Waals surface area contributed by atoms with Gasteiger partial charge < -0.3 is 16.2 Å². The molecule has 1 heterocycles. The predicted molar refractivity (Wildman–Crippen MR) is 79.7 cm³/mol. The molecule has 0 saturated heterocycles. The quantitative estimate of drug-likeness (QED) is 0.781.